The summed E-state index contributed by atoms with van der Waals surface area (Å²) in [5.74, 6) is -0.365. The first-order valence-corrected chi connectivity index (χ1v) is 3.81. The Kier molecular flexibility index (Phi) is 1.94. The molecule has 1 heterocycles. The van der Waals surface area contributed by atoms with E-state index in [2.05, 4.69) is 14.9 Å². The third-order valence-corrected chi connectivity index (χ3v) is 1.69. The van der Waals surface area contributed by atoms with Crippen LogP contribution in [0.25, 0.3) is 11.3 Å². The third-order valence-electron chi connectivity index (χ3n) is 1.69. The van der Waals surface area contributed by atoms with Crippen LogP contribution in [-0.2, 0) is 0 Å². The van der Waals surface area contributed by atoms with E-state index < -0.39 is 4.92 Å². The van der Waals surface area contributed by atoms with Crippen LogP contribution >= 0.6 is 0 Å². The number of hydrogen-bond donors (Lipinski definition) is 0. The first-order chi connectivity index (χ1) is 6.79. The van der Waals surface area contributed by atoms with Crippen LogP contribution in [0.3, 0.4) is 0 Å². The van der Waals surface area contributed by atoms with Crippen LogP contribution in [0.15, 0.2) is 35.0 Å². The van der Waals surface area contributed by atoms with Gasteiger partial charge in [0.1, 0.15) is 0 Å². The van der Waals surface area contributed by atoms with Crippen LogP contribution in [0.1, 0.15) is 0 Å². The normalized spacial score (nSPS) is 10.0. The van der Waals surface area contributed by atoms with E-state index >= 15 is 0 Å². The Morgan fingerprint density at radius 2 is 1.93 bits per heavy atom. The number of hydrogen-bond acceptors (Lipinski definition) is 5. The van der Waals surface area contributed by atoms with Gasteiger partial charge in [0.05, 0.1) is 0 Å². The summed E-state index contributed by atoms with van der Waals surface area (Å²) in [4.78, 5) is 9.87. The molecule has 0 saturated carbocycles. The highest BCUT2D eigenvalue weighted by Crippen LogP contribution is 2.24. The van der Waals surface area contributed by atoms with Crippen molar-refractivity contribution in [1.29, 1.82) is 0 Å². The van der Waals surface area contributed by atoms with E-state index in [0.717, 1.165) is 0 Å². The van der Waals surface area contributed by atoms with Crippen molar-refractivity contribution in [1.82, 2.24) is 10.3 Å². The Morgan fingerprint density at radius 3 is 2.57 bits per heavy atom. The Labute approximate surface area is 78.3 Å². The topological polar surface area (TPSA) is 82.1 Å². The largest absolute Gasteiger partial charge is 0.442 e. The van der Waals surface area contributed by atoms with E-state index in [1.807, 2.05) is 6.07 Å². The number of rotatable bonds is 2. The van der Waals surface area contributed by atoms with Crippen LogP contribution < -0.4 is 0 Å². The van der Waals surface area contributed by atoms with Gasteiger partial charge in [-0.05, 0) is 10.1 Å². The molecule has 14 heavy (non-hydrogen) atoms. The molecular weight excluding hydrogens is 186 g/mol. The number of benzene rings is 1. The van der Waals surface area contributed by atoms with Crippen molar-refractivity contribution in [3.05, 3.63) is 40.4 Å². The smallest absolute Gasteiger partial charge is 0.358 e. The zero-order valence-electron chi connectivity index (χ0n) is 6.95. The second kappa shape index (κ2) is 3.25. The number of nitrogens with zero attached hydrogens (tertiary/aromatic N) is 3. The fourth-order valence-electron chi connectivity index (χ4n) is 1.08. The Balaban J connectivity index is 2.52. The van der Waals surface area contributed by atoms with Gasteiger partial charge < -0.3 is 10.1 Å². The van der Waals surface area contributed by atoms with Gasteiger partial charge in [-0.1, -0.05) is 30.3 Å². The quantitative estimate of drug-likeness (QED) is 0.532. The highest BCUT2D eigenvalue weighted by atomic mass is 16.6. The molecule has 6 nitrogen and oxygen atoms in total. The third kappa shape index (κ3) is 1.33. The van der Waals surface area contributed by atoms with Crippen molar-refractivity contribution in [3.63, 3.8) is 0 Å². The van der Waals surface area contributed by atoms with Gasteiger partial charge in [-0.25, -0.2) is 0 Å². The van der Waals surface area contributed by atoms with Crippen molar-refractivity contribution in [2.24, 2.45) is 0 Å². The maximum Gasteiger partial charge on any atom is 0.442 e. The number of aromatic nitrogens is 2. The lowest BCUT2D eigenvalue weighted by Crippen LogP contribution is -1.90. The molecule has 6 heteroatoms. The van der Waals surface area contributed by atoms with E-state index in [9.17, 15) is 10.1 Å². The van der Waals surface area contributed by atoms with E-state index in [4.69, 9.17) is 0 Å². The van der Waals surface area contributed by atoms with Gasteiger partial charge >= 0.3 is 5.82 Å². The summed E-state index contributed by atoms with van der Waals surface area (Å²) in [5.41, 5.74) is 0.760. The molecule has 1 aromatic carbocycles. The van der Waals surface area contributed by atoms with Crippen molar-refractivity contribution >= 4 is 5.82 Å². The molecule has 2 aromatic rings. The van der Waals surface area contributed by atoms with E-state index in [0.29, 0.717) is 5.56 Å². The molecule has 0 saturated heterocycles. The minimum atomic E-state index is -0.626. The van der Waals surface area contributed by atoms with Crippen LogP contribution in [0.5, 0.6) is 0 Å². The Bertz CT molecular complexity index is 452. The average molecular weight is 191 g/mol. The molecule has 0 N–H and O–H groups in total. The minimum Gasteiger partial charge on any atom is -0.358 e. The Morgan fingerprint density at radius 1 is 1.21 bits per heavy atom. The van der Waals surface area contributed by atoms with Crippen molar-refractivity contribution in [2.75, 3.05) is 0 Å². The molecule has 0 atom stereocenters. The van der Waals surface area contributed by atoms with Crippen LogP contribution in [0, 0.1) is 10.1 Å². The van der Waals surface area contributed by atoms with Gasteiger partial charge in [0, 0.05) is 5.56 Å². The summed E-state index contributed by atoms with van der Waals surface area (Å²) in [5, 5.41) is 17.2. The zero-order chi connectivity index (χ0) is 9.97. The molecule has 2 rings (SSSR count). The number of nitro groups is 1. The van der Waals surface area contributed by atoms with Gasteiger partial charge in [0.15, 0.2) is 5.16 Å². The first kappa shape index (κ1) is 8.36. The monoisotopic (exact) mass is 191 g/mol. The molecule has 0 amide bonds. The maximum atomic E-state index is 10.5. The highest BCUT2D eigenvalue weighted by molar-refractivity contribution is 5.65. The van der Waals surface area contributed by atoms with Gasteiger partial charge in [-0.2, -0.15) is 0 Å². The fraction of sp³-hybridized carbons (Fsp3) is 0. The lowest BCUT2D eigenvalue weighted by atomic mass is 10.1. The van der Waals surface area contributed by atoms with E-state index in [1.165, 1.54) is 0 Å². The van der Waals surface area contributed by atoms with E-state index in [1.54, 1.807) is 24.3 Å². The second-order valence-corrected chi connectivity index (χ2v) is 2.56. The predicted molar refractivity (Wildman–Crippen MR) is 46.4 cm³/mol. The summed E-state index contributed by atoms with van der Waals surface area (Å²) in [6.07, 6.45) is 0. The van der Waals surface area contributed by atoms with Crippen molar-refractivity contribution in [3.8, 4) is 11.3 Å². The molecule has 1 aromatic heterocycles. The minimum absolute atomic E-state index is 0.149. The lowest BCUT2D eigenvalue weighted by Gasteiger charge is -1.92. The highest BCUT2D eigenvalue weighted by Gasteiger charge is 2.22. The molecule has 0 aliphatic carbocycles. The maximum absolute atomic E-state index is 10.5. The van der Waals surface area contributed by atoms with Crippen LogP contribution in [0.2, 0.25) is 0 Å². The molecule has 70 valence electrons. The molecule has 0 aliphatic rings. The van der Waals surface area contributed by atoms with Gasteiger partial charge in [-0.3, -0.25) is 0 Å². The molecule has 0 bridgehead atoms. The average Bonchev–Trinajstić information content (AvgIpc) is 2.67. The predicted octanol–water partition coefficient (Wildman–Crippen LogP) is 1.64. The molecule has 0 unspecified atom stereocenters. The summed E-state index contributed by atoms with van der Waals surface area (Å²) >= 11 is 0. The lowest BCUT2D eigenvalue weighted by molar-refractivity contribution is -0.390. The standard InChI is InChI=1S/C8H5N3O3/c12-11(13)8-7(9-14-10-8)6-4-2-1-3-5-6/h1-5H. The molecule has 0 radical (unpaired) electrons. The van der Waals surface area contributed by atoms with E-state index in [-0.39, 0.29) is 11.5 Å². The summed E-state index contributed by atoms with van der Waals surface area (Å²) in [7, 11) is 0. The molecule has 0 spiro atoms. The summed E-state index contributed by atoms with van der Waals surface area (Å²) < 4.78 is 4.32. The fourth-order valence-corrected chi connectivity index (χ4v) is 1.08. The van der Waals surface area contributed by atoms with Crippen LogP contribution in [0.4, 0.5) is 5.82 Å². The van der Waals surface area contributed by atoms with Crippen molar-refractivity contribution < 1.29 is 9.55 Å². The molecule has 0 fully saturated rings. The SMILES string of the molecule is O=[N+]([O-])c1nonc1-c1ccccc1. The zero-order valence-corrected chi connectivity index (χ0v) is 6.95. The Hall–Kier alpha value is -2.24. The van der Waals surface area contributed by atoms with Crippen molar-refractivity contribution in [2.45, 2.75) is 0 Å². The second-order valence-electron chi connectivity index (χ2n) is 2.56. The molecular formula is C8H5N3O3. The summed E-state index contributed by atoms with van der Waals surface area (Å²) in [6.45, 7) is 0. The van der Waals surface area contributed by atoms with Gasteiger partial charge in [0.25, 0.3) is 0 Å². The first-order valence-electron chi connectivity index (χ1n) is 3.81. The van der Waals surface area contributed by atoms with Crippen LogP contribution in [-0.4, -0.2) is 15.2 Å². The van der Waals surface area contributed by atoms with Gasteiger partial charge in [-0.15, -0.1) is 4.63 Å². The summed E-state index contributed by atoms with van der Waals surface area (Å²) in [6, 6.07) is 8.73. The van der Waals surface area contributed by atoms with Gasteiger partial charge in [0.2, 0.25) is 5.69 Å². The molecule has 0 aliphatic heterocycles.